The Kier molecular flexibility index (Phi) is 4.89. The Morgan fingerprint density at radius 2 is 1.79 bits per heavy atom. The Balaban J connectivity index is 1.89. The van der Waals surface area contributed by atoms with Crippen molar-refractivity contribution in [2.45, 2.75) is 6.92 Å². The Labute approximate surface area is 153 Å². The van der Waals surface area contributed by atoms with Crippen LogP contribution < -0.4 is 5.32 Å². The molecule has 3 rings (SSSR count). The third-order valence-electron chi connectivity index (χ3n) is 3.68. The minimum Gasteiger partial charge on any atom is -0.322 e. The summed E-state index contributed by atoms with van der Waals surface area (Å²) in [5.74, 6) is -0.731. The van der Waals surface area contributed by atoms with Gasteiger partial charge in [0.2, 0.25) is 0 Å². The average molecular weight is 432 g/mol. The maximum Gasteiger partial charge on any atom is 0.255 e. The van der Waals surface area contributed by atoms with Crippen LogP contribution in [0.3, 0.4) is 0 Å². The number of hydrogen-bond acceptors (Lipinski definition) is 2. The van der Waals surface area contributed by atoms with E-state index in [9.17, 15) is 9.18 Å². The van der Waals surface area contributed by atoms with Crippen LogP contribution in [0.2, 0.25) is 0 Å². The lowest BCUT2D eigenvalue weighted by Gasteiger charge is -2.11. The monoisotopic (exact) mass is 432 g/mol. The first-order chi connectivity index (χ1) is 11.5. The molecule has 1 N–H and O–H groups in total. The van der Waals surface area contributed by atoms with Crippen LogP contribution in [-0.2, 0) is 0 Å². The first-order valence-corrected chi connectivity index (χ1v) is 8.40. The van der Waals surface area contributed by atoms with Gasteiger partial charge in [-0.15, -0.1) is 0 Å². The van der Waals surface area contributed by atoms with Gasteiger partial charge >= 0.3 is 0 Å². The lowest BCUT2D eigenvalue weighted by Crippen LogP contribution is -2.13. The summed E-state index contributed by atoms with van der Waals surface area (Å²) in [5, 5.41) is 2.86. The van der Waals surface area contributed by atoms with E-state index in [1.54, 1.807) is 24.5 Å². The number of halogens is 2. The third-order valence-corrected chi connectivity index (χ3v) is 4.56. The zero-order valence-corrected chi connectivity index (χ0v) is 15.0. The lowest BCUT2D eigenvalue weighted by molar-refractivity contribution is 0.102. The van der Waals surface area contributed by atoms with E-state index in [1.165, 1.54) is 6.07 Å². The van der Waals surface area contributed by atoms with E-state index in [-0.39, 0.29) is 5.91 Å². The molecule has 1 aromatic heterocycles. The molecule has 2 aromatic carbocycles. The molecule has 0 aliphatic heterocycles. The number of hydrogen-bond donors (Lipinski definition) is 1. The molecule has 0 aliphatic rings. The van der Waals surface area contributed by atoms with Crippen molar-refractivity contribution in [1.82, 2.24) is 4.98 Å². The van der Waals surface area contributed by atoms with Crippen LogP contribution in [0.5, 0.6) is 0 Å². The van der Waals surface area contributed by atoms with Crippen molar-refractivity contribution in [1.29, 1.82) is 0 Å². The number of aryl methyl sites for hydroxylation is 1. The van der Waals surface area contributed by atoms with Gasteiger partial charge in [-0.2, -0.15) is 0 Å². The molecule has 5 heteroatoms. The number of aromatic nitrogens is 1. The second-order valence-corrected chi connectivity index (χ2v) is 6.51. The van der Waals surface area contributed by atoms with Crippen molar-refractivity contribution in [3.63, 3.8) is 0 Å². The van der Waals surface area contributed by atoms with Crippen molar-refractivity contribution in [2.24, 2.45) is 0 Å². The maximum absolute atomic E-state index is 13.6. The maximum atomic E-state index is 13.6. The molecule has 120 valence electrons. The number of carbonyl (C=O) groups excluding carboxylic acids is 1. The largest absolute Gasteiger partial charge is 0.322 e. The molecule has 0 saturated heterocycles. The number of carbonyl (C=O) groups is 1. The first kappa shape index (κ1) is 16.6. The van der Waals surface area contributed by atoms with E-state index in [2.05, 4.69) is 10.3 Å². The fraction of sp³-hybridized carbons (Fsp3) is 0.0526. The number of benzene rings is 2. The second kappa shape index (κ2) is 7.09. The van der Waals surface area contributed by atoms with Crippen LogP contribution in [0.4, 0.5) is 10.1 Å². The van der Waals surface area contributed by atoms with Crippen molar-refractivity contribution in [2.75, 3.05) is 5.32 Å². The smallest absolute Gasteiger partial charge is 0.255 e. The van der Waals surface area contributed by atoms with Crippen molar-refractivity contribution in [3.8, 4) is 11.1 Å². The highest BCUT2D eigenvalue weighted by atomic mass is 127. The summed E-state index contributed by atoms with van der Waals surface area (Å²) in [6.07, 6.45) is 3.45. The van der Waals surface area contributed by atoms with Crippen LogP contribution in [0, 0.1) is 16.3 Å². The highest BCUT2D eigenvalue weighted by molar-refractivity contribution is 14.1. The van der Waals surface area contributed by atoms with Gasteiger partial charge < -0.3 is 5.32 Å². The van der Waals surface area contributed by atoms with Gasteiger partial charge in [-0.05, 0) is 82.6 Å². The van der Waals surface area contributed by atoms with Gasteiger partial charge in [-0.3, -0.25) is 9.78 Å². The summed E-state index contributed by atoms with van der Waals surface area (Å²) in [5.41, 5.74) is 3.93. The minimum absolute atomic E-state index is 0.293. The SMILES string of the molecule is Cc1ccc(-c2ccncc2)cc1NC(=O)c1ccc(I)c(F)c1. The molecule has 0 fully saturated rings. The number of nitrogens with zero attached hydrogens (tertiary/aromatic N) is 1. The van der Waals surface area contributed by atoms with Gasteiger partial charge in [0.25, 0.3) is 5.91 Å². The summed E-state index contributed by atoms with van der Waals surface area (Å²) in [6.45, 7) is 1.92. The molecule has 24 heavy (non-hydrogen) atoms. The molecule has 0 spiro atoms. The highest BCUT2D eigenvalue weighted by Gasteiger charge is 2.11. The van der Waals surface area contributed by atoms with Crippen LogP contribution in [0.25, 0.3) is 11.1 Å². The number of rotatable bonds is 3. The van der Waals surface area contributed by atoms with E-state index in [1.807, 2.05) is 59.8 Å². The average Bonchev–Trinajstić information content (AvgIpc) is 2.60. The summed E-state index contributed by atoms with van der Waals surface area (Å²) in [7, 11) is 0. The topological polar surface area (TPSA) is 42.0 Å². The molecule has 1 heterocycles. The molecule has 0 aliphatic carbocycles. The Morgan fingerprint density at radius 3 is 2.50 bits per heavy atom. The quantitative estimate of drug-likeness (QED) is 0.589. The van der Waals surface area contributed by atoms with E-state index < -0.39 is 5.82 Å². The van der Waals surface area contributed by atoms with Crippen LogP contribution in [0.1, 0.15) is 15.9 Å². The van der Waals surface area contributed by atoms with Crippen molar-refractivity contribution >= 4 is 34.2 Å². The predicted octanol–water partition coefficient (Wildman–Crippen LogP) is 5.05. The van der Waals surface area contributed by atoms with Gasteiger partial charge in [-0.25, -0.2) is 4.39 Å². The highest BCUT2D eigenvalue weighted by Crippen LogP contribution is 2.25. The Hall–Kier alpha value is -2.28. The van der Waals surface area contributed by atoms with E-state index in [0.717, 1.165) is 16.7 Å². The summed E-state index contributed by atoms with van der Waals surface area (Å²) < 4.78 is 14.1. The van der Waals surface area contributed by atoms with Gasteiger partial charge in [0, 0.05) is 27.2 Å². The van der Waals surface area contributed by atoms with Crippen molar-refractivity contribution < 1.29 is 9.18 Å². The van der Waals surface area contributed by atoms with E-state index >= 15 is 0 Å². The molecule has 0 radical (unpaired) electrons. The summed E-state index contributed by atoms with van der Waals surface area (Å²) in [4.78, 5) is 16.4. The zero-order valence-electron chi connectivity index (χ0n) is 12.9. The standard InChI is InChI=1S/C19H14FIN2O/c1-12-2-3-14(13-6-8-22-9-7-13)11-18(12)23-19(24)15-4-5-17(21)16(20)10-15/h2-11H,1H3,(H,23,24). The number of pyridine rings is 1. The van der Waals surface area contributed by atoms with Gasteiger partial charge in [0.15, 0.2) is 0 Å². The van der Waals surface area contributed by atoms with Gasteiger partial charge in [-0.1, -0.05) is 12.1 Å². The second-order valence-electron chi connectivity index (χ2n) is 5.35. The van der Waals surface area contributed by atoms with E-state index in [0.29, 0.717) is 14.8 Å². The lowest BCUT2D eigenvalue weighted by atomic mass is 10.0. The third kappa shape index (κ3) is 3.62. The fourth-order valence-electron chi connectivity index (χ4n) is 2.31. The van der Waals surface area contributed by atoms with Crippen LogP contribution >= 0.6 is 22.6 Å². The molecule has 0 saturated carbocycles. The fourth-order valence-corrected chi connectivity index (χ4v) is 2.65. The summed E-state index contributed by atoms with van der Waals surface area (Å²) >= 11 is 1.89. The normalized spacial score (nSPS) is 10.5. The number of amides is 1. The van der Waals surface area contributed by atoms with Crippen LogP contribution in [-0.4, -0.2) is 10.9 Å². The number of anilines is 1. The minimum atomic E-state index is -0.398. The molecular weight excluding hydrogens is 418 g/mol. The van der Waals surface area contributed by atoms with Gasteiger partial charge in [0.05, 0.1) is 0 Å². The molecular formula is C19H14FIN2O. The molecule has 1 amide bonds. The number of nitrogens with one attached hydrogen (secondary N) is 1. The van der Waals surface area contributed by atoms with Crippen molar-refractivity contribution in [3.05, 3.63) is 81.4 Å². The van der Waals surface area contributed by atoms with Crippen LogP contribution in [0.15, 0.2) is 60.9 Å². The molecule has 3 nitrogen and oxygen atoms in total. The molecule has 3 aromatic rings. The Bertz CT molecular complexity index is 897. The first-order valence-electron chi connectivity index (χ1n) is 7.32. The van der Waals surface area contributed by atoms with Gasteiger partial charge in [0.1, 0.15) is 5.82 Å². The zero-order chi connectivity index (χ0) is 17.1. The molecule has 0 unspecified atom stereocenters. The predicted molar refractivity (Wildman–Crippen MR) is 101 cm³/mol. The Morgan fingerprint density at radius 1 is 1.04 bits per heavy atom. The molecule has 0 atom stereocenters. The summed E-state index contributed by atoms with van der Waals surface area (Å²) in [6, 6.07) is 14.1. The van der Waals surface area contributed by atoms with E-state index in [4.69, 9.17) is 0 Å². The molecule has 0 bridgehead atoms.